The quantitative estimate of drug-likeness (QED) is 0.900. The number of rotatable bonds is 3. The molecule has 2 nitrogen and oxygen atoms in total. The molecule has 0 bridgehead atoms. The van der Waals surface area contributed by atoms with Gasteiger partial charge in [-0.2, -0.15) is 0 Å². The molecule has 0 saturated heterocycles. The van der Waals surface area contributed by atoms with Crippen molar-refractivity contribution < 1.29 is 5.11 Å². The van der Waals surface area contributed by atoms with Crippen LogP contribution >= 0.6 is 15.9 Å². The SMILES string of the molecule is Cc1cc(Br)ccc1N(C)CC(C)O. The molecule has 1 N–H and O–H groups in total. The van der Waals surface area contributed by atoms with Gasteiger partial charge in [-0.25, -0.2) is 0 Å². The van der Waals surface area contributed by atoms with Crippen molar-refractivity contribution in [3.05, 3.63) is 28.2 Å². The van der Waals surface area contributed by atoms with Crippen molar-refractivity contribution in [1.82, 2.24) is 0 Å². The Bertz CT molecular complexity index is 312. The Kier molecular flexibility index (Phi) is 3.96. The van der Waals surface area contributed by atoms with Gasteiger partial charge in [-0.15, -0.1) is 0 Å². The fourth-order valence-corrected chi connectivity index (χ4v) is 2.02. The Morgan fingerprint density at radius 1 is 1.50 bits per heavy atom. The van der Waals surface area contributed by atoms with Crippen LogP contribution in [0.15, 0.2) is 22.7 Å². The Hall–Kier alpha value is -0.540. The van der Waals surface area contributed by atoms with Crippen LogP contribution < -0.4 is 4.90 Å². The number of likely N-dealkylation sites (N-methyl/N-ethyl adjacent to an activating group) is 1. The molecule has 14 heavy (non-hydrogen) atoms. The first-order chi connectivity index (χ1) is 6.50. The summed E-state index contributed by atoms with van der Waals surface area (Å²) in [6, 6.07) is 6.15. The number of anilines is 1. The predicted molar refractivity (Wildman–Crippen MR) is 63.8 cm³/mol. The number of hydrogen-bond donors (Lipinski definition) is 1. The third-order valence-electron chi connectivity index (χ3n) is 2.11. The number of aliphatic hydroxyl groups is 1. The molecule has 0 amide bonds. The third-order valence-corrected chi connectivity index (χ3v) is 2.60. The molecule has 0 aliphatic rings. The minimum Gasteiger partial charge on any atom is -0.392 e. The van der Waals surface area contributed by atoms with Crippen LogP contribution in [0.25, 0.3) is 0 Å². The summed E-state index contributed by atoms with van der Waals surface area (Å²) in [5.74, 6) is 0. The lowest BCUT2D eigenvalue weighted by Crippen LogP contribution is -2.27. The van der Waals surface area contributed by atoms with E-state index in [-0.39, 0.29) is 6.10 Å². The van der Waals surface area contributed by atoms with E-state index in [9.17, 15) is 5.11 Å². The number of halogens is 1. The van der Waals surface area contributed by atoms with Crippen molar-refractivity contribution >= 4 is 21.6 Å². The van der Waals surface area contributed by atoms with Gasteiger partial charge in [-0.3, -0.25) is 0 Å². The lowest BCUT2D eigenvalue weighted by atomic mass is 10.2. The van der Waals surface area contributed by atoms with Crippen LogP contribution in [0.1, 0.15) is 12.5 Å². The molecule has 0 aliphatic carbocycles. The maximum absolute atomic E-state index is 9.28. The highest BCUT2D eigenvalue weighted by molar-refractivity contribution is 9.10. The van der Waals surface area contributed by atoms with Crippen molar-refractivity contribution in [3.8, 4) is 0 Å². The van der Waals surface area contributed by atoms with Gasteiger partial charge in [0.2, 0.25) is 0 Å². The van der Waals surface area contributed by atoms with Crippen LogP contribution in [-0.2, 0) is 0 Å². The van der Waals surface area contributed by atoms with Crippen molar-refractivity contribution in [2.45, 2.75) is 20.0 Å². The normalized spacial score (nSPS) is 12.6. The molecular weight excluding hydrogens is 242 g/mol. The zero-order valence-corrected chi connectivity index (χ0v) is 10.4. The van der Waals surface area contributed by atoms with Gasteiger partial charge in [0.25, 0.3) is 0 Å². The van der Waals surface area contributed by atoms with E-state index in [4.69, 9.17) is 0 Å². The van der Waals surface area contributed by atoms with E-state index in [2.05, 4.69) is 39.9 Å². The van der Waals surface area contributed by atoms with Crippen LogP contribution in [0, 0.1) is 6.92 Å². The van der Waals surface area contributed by atoms with Gasteiger partial charge in [-0.1, -0.05) is 15.9 Å². The summed E-state index contributed by atoms with van der Waals surface area (Å²) in [6.07, 6.45) is -0.303. The van der Waals surface area contributed by atoms with E-state index in [1.807, 2.05) is 13.1 Å². The highest BCUT2D eigenvalue weighted by Crippen LogP contribution is 2.22. The first kappa shape index (κ1) is 11.5. The average Bonchev–Trinajstić information content (AvgIpc) is 2.01. The van der Waals surface area contributed by atoms with Crippen molar-refractivity contribution in [3.63, 3.8) is 0 Å². The van der Waals surface area contributed by atoms with Crippen LogP contribution in [0.2, 0.25) is 0 Å². The van der Waals surface area contributed by atoms with Crippen LogP contribution in [0.5, 0.6) is 0 Å². The fraction of sp³-hybridized carbons (Fsp3) is 0.455. The fourth-order valence-electron chi connectivity index (χ4n) is 1.54. The molecule has 0 heterocycles. The molecule has 1 atom stereocenters. The molecular formula is C11H16BrNO. The van der Waals surface area contributed by atoms with Gasteiger partial charge in [0.1, 0.15) is 0 Å². The molecule has 1 aromatic rings. The molecule has 0 saturated carbocycles. The smallest absolute Gasteiger partial charge is 0.0686 e. The minimum absolute atomic E-state index is 0.303. The predicted octanol–water partition coefficient (Wildman–Crippen LogP) is 2.57. The summed E-state index contributed by atoms with van der Waals surface area (Å²) in [4.78, 5) is 2.06. The number of nitrogens with zero attached hydrogens (tertiary/aromatic N) is 1. The molecule has 1 aromatic carbocycles. The molecule has 0 aliphatic heterocycles. The van der Waals surface area contributed by atoms with E-state index in [1.54, 1.807) is 6.92 Å². The van der Waals surface area contributed by atoms with E-state index in [0.29, 0.717) is 6.54 Å². The summed E-state index contributed by atoms with van der Waals surface area (Å²) < 4.78 is 1.09. The van der Waals surface area contributed by atoms with E-state index in [1.165, 1.54) is 5.56 Å². The standard InChI is InChI=1S/C11H16BrNO/c1-8-6-10(12)4-5-11(8)13(3)7-9(2)14/h4-6,9,14H,7H2,1-3H3. The molecule has 0 radical (unpaired) electrons. The first-order valence-corrected chi connectivity index (χ1v) is 5.45. The third kappa shape index (κ3) is 3.00. The summed E-state index contributed by atoms with van der Waals surface area (Å²) in [7, 11) is 1.99. The van der Waals surface area contributed by atoms with Gasteiger partial charge in [0, 0.05) is 23.8 Å². The highest BCUT2D eigenvalue weighted by Gasteiger charge is 2.06. The molecule has 1 unspecified atom stereocenters. The second-order valence-corrected chi connectivity index (χ2v) is 4.58. The topological polar surface area (TPSA) is 23.5 Å². The number of aryl methyl sites for hydroxylation is 1. The van der Waals surface area contributed by atoms with Gasteiger partial charge in [-0.05, 0) is 37.6 Å². The van der Waals surface area contributed by atoms with Gasteiger partial charge in [0.15, 0.2) is 0 Å². The average molecular weight is 258 g/mol. The van der Waals surface area contributed by atoms with Crippen LogP contribution in [-0.4, -0.2) is 24.8 Å². The second-order valence-electron chi connectivity index (χ2n) is 3.66. The Balaban J connectivity index is 2.84. The van der Waals surface area contributed by atoms with E-state index in [0.717, 1.165) is 10.2 Å². The second kappa shape index (κ2) is 4.80. The molecule has 3 heteroatoms. The Morgan fingerprint density at radius 2 is 2.14 bits per heavy atom. The van der Waals surface area contributed by atoms with Crippen LogP contribution in [0.4, 0.5) is 5.69 Å². The molecule has 0 spiro atoms. The molecule has 1 rings (SSSR count). The van der Waals surface area contributed by atoms with Crippen molar-refractivity contribution in [2.24, 2.45) is 0 Å². The van der Waals surface area contributed by atoms with E-state index < -0.39 is 0 Å². The summed E-state index contributed by atoms with van der Waals surface area (Å²) in [5.41, 5.74) is 2.37. The number of hydrogen-bond acceptors (Lipinski definition) is 2. The van der Waals surface area contributed by atoms with Gasteiger partial charge in [0.05, 0.1) is 6.10 Å². The van der Waals surface area contributed by atoms with Gasteiger partial charge < -0.3 is 10.0 Å². The lowest BCUT2D eigenvalue weighted by Gasteiger charge is -2.22. The lowest BCUT2D eigenvalue weighted by molar-refractivity contribution is 0.201. The zero-order chi connectivity index (χ0) is 10.7. The molecule has 78 valence electrons. The Morgan fingerprint density at radius 3 is 2.64 bits per heavy atom. The molecule has 0 fully saturated rings. The Labute approximate surface area is 93.7 Å². The molecule has 0 aromatic heterocycles. The summed E-state index contributed by atoms with van der Waals surface area (Å²) in [5, 5.41) is 9.28. The zero-order valence-electron chi connectivity index (χ0n) is 8.79. The monoisotopic (exact) mass is 257 g/mol. The maximum Gasteiger partial charge on any atom is 0.0686 e. The highest BCUT2D eigenvalue weighted by atomic mass is 79.9. The first-order valence-electron chi connectivity index (χ1n) is 4.66. The summed E-state index contributed by atoms with van der Waals surface area (Å²) in [6.45, 7) is 4.52. The number of benzene rings is 1. The summed E-state index contributed by atoms with van der Waals surface area (Å²) >= 11 is 3.43. The van der Waals surface area contributed by atoms with E-state index >= 15 is 0 Å². The maximum atomic E-state index is 9.28. The van der Waals surface area contributed by atoms with Crippen molar-refractivity contribution in [2.75, 3.05) is 18.5 Å². The van der Waals surface area contributed by atoms with Gasteiger partial charge >= 0.3 is 0 Å². The number of aliphatic hydroxyl groups excluding tert-OH is 1. The largest absolute Gasteiger partial charge is 0.392 e. The minimum atomic E-state index is -0.303. The van der Waals surface area contributed by atoms with Crippen molar-refractivity contribution in [1.29, 1.82) is 0 Å². The van der Waals surface area contributed by atoms with Crippen LogP contribution in [0.3, 0.4) is 0 Å².